The minimum Gasteiger partial charge on any atom is -0.357 e. The summed E-state index contributed by atoms with van der Waals surface area (Å²) in [5.74, 6) is -0.861. The molecule has 184 valence electrons. The fourth-order valence-corrected chi connectivity index (χ4v) is 5.08. The molecule has 7 nitrogen and oxygen atoms in total. The van der Waals surface area contributed by atoms with Gasteiger partial charge in [0, 0.05) is 18.6 Å². The number of amides is 2. The van der Waals surface area contributed by atoms with Crippen molar-refractivity contribution in [3.8, 4) is 0 Å². The Kier molecular flexibility index (Phi) is 8.53. The smallest absolute Gasteiger partial charge is 0.264 e. The van der Waals surface area contributed by atoms with Gasteiger partial charge in [-0.25, -0.2) is 8.42 Å². The Hall–Kier alpha value is -3.36. The minimum absolute atomic E-state index is 0.00277. The number of benzene rings is 3. The lowest BCUT2D eigenvalue weighted by atomic mass is 10.1. The van der Waals surface area contributed by atoms with E-state index in [0.717, 1.165) is 15.4 Å². The summed E-state index contributed by atoms with van der Waals surface area (Å²) in [5, 5.41) is 2.96. The van der Waals surface area contributed by atoms with Crippen LogP contribution in [0, 0.1) is 6.92 Å². The number of nitrogens with zero attached hydrogens (tertiary/aromatic N) is 2. The van der Waals surface area contributed by atoms with Gasteiger partial charge in [0.15, 0.2) is 0 Å². The van der Waals surface area contributed by atoms with Gasteiger partial charge in [-0.05, 0) is 55.8 Å². The van der Waals surface area contributed by atoms with Crippen LogP contribution in [0.25, 0.3) is 0 Å². The summed E-state index contributed by atoms with van der Waals surface area (Å²) < 4.78 is 28.2. The van der Waals surface area contributed by atoms with Crippen molar-refractivity contribution >= 4 is 39.1 Å². The number of nitrogens with one attached hydrogen (secondary N) is 1. The molecule has 35 heavy (non-hydrogen) atoms. The van der Waals surface area contributed by atoms with Gasteiger partial charge in [0.1, 0.15) is 12.6 Å². The maximum Gasteiger partial charge on any atom is 0.264 e. The van der Waals surface area contributed by atoms with E-state index in [2.05, 4.69) is 5.32 Å². The highest BCUT2D eigenvalue weighted by Gasteiger charge is 2.32. The second-order valence-corrected chi connectivity index (χ2v) is 10.4. The van der Waals surface area contributed by atoms with E-state index in [-0.39, 0.29) is 17.3 Å². The molecule has 0 spiro atoms. The summed E-state index contributed by atoms with van der Waals surface area (Å²) in [6.07, 6.45) is 0. The summed E-state index contributed by atoms with van der Waals surface area (Å²) in [5.41, 5.74) is 2.22. The zero-order valence-corrected chi connectivity index (χ0v) is 21.4. The predicted octanol–water partition coefficient (Wildman–Crippen LogP) is 4.01. The van der Waals surface area contributed by atoms with Crippen molar-refractivity contribution in [2.45, 2.75) is 31.3 Å². The number of aryl methyl sites for hydroxylation is 1. The number of hydrogen-bond donors (Lipinski definition) is 1. The second kappa shape index (κ2) is 11.4. The molecule has 0 aromatic heterocycles. The zero-order valence-electron chi connectivity index (χ0n) is 19.8. The lowest BCUT2D eigenvalue weighted by Gasteiger charge is -2.31. The molecule has 3 aromatic carbocycles. The van der Waals surface area contributed by atoms with Gasteiger partial charge in [-0.1, -0.05) is 59.6 Å². The molecule has 0 aliphatic carbocycles. The van der Waals surface area contributed by atoms with Crippen LogP contribution in [0.15, 0.2) is 83.8 Å². The number of hydrogen-bond acceptors (Lipinski definition) is 4. The topological polar surface area (TPSA) is 86.8 Å². The molecule has 1 N–H and O–H groups in total. The van der Waals surface area contributed by atoms with Gasteiger partial charge in [-0.3, -0.25) is 13.9 Å². The summed E-state index contributed by atoms with van der Waals surface area (Å²) in [7, 11) is -2.61. The normalized spacial score (nSPS) is 12.0. The number of carbonyl (C=O) groups excluding carboxylic acids is 2. The van der Waals surface area contributed by atoms with E-state index in [9.17, 15) is 18.0 Å². The van der Waals surface area contributed by atoms with Crippen molar-refractivity contribution in [1.82, 2.24) is 10.2 Å². The zero-order chi connectivity index (χ0) is 25.6. The first-order valence-corrected chi connectivity index (χ1v) is 12.8. The quantitative estimate of drug-likeness (QED) is 0.468. The van der Waals surface area contributed by atoms with E-state index in [0.29, 0.717) is 10.7 Å². The molecule has 9 heteroatoms. The molecule has 2 amide bonds. The fourth-order valence-electron chi connectivity index (χ4n) is 3.54. The number of sulfonamides is 1. The van der Waals surface area contributed by atoms with Crippen LogP contribution < -0.4 is 9.62 Å². The number of anilines is 1. The molecule has 0 bridgehead atoms. The van der Waals surface area contributed by atoms with Crippen LogP contribution in [-0.4, -0.2) is 44.8 Å². The lowest BCUT2D eigenvalue weighted by molar-refractivity contribution is -0.139. The van der Waals surface area contributed by atoms with Gasteiger partial charge in [0.25, 0.3) is 10.0 Å². The molecule has 0 heterocycles. The van der Waals surface area contributed by atoms with Crippen LogP contribution in [0.2, 0.25) is 5.02 Å². The highest BCUT2D eigenvalue weighted by atomic mass is 35.5. The van der Waals surface area contributed by atoms with E-state index in [1.807, 2.05) is 31.2 Å². The van der Waals surface area contributed by atoms with Crippen molar-refractivity contribution in [3.05, 3.63) is 95.0 Å². The third kappa shape index (κ3) is 6.41. The van der Waals surface area contributed by atoms with E-state index >= 15 is 0 Å². The average molecular weight is 514 g/mol. The highest BCUT2D eigenvalue weighted by molar-refractivity contribution is 7.92. The highest BCUT2D eigenvalue weighted by Crippen LogP contribution is 2.25. The SMILES string of the molecule is CNC(=O)[C@@H](C)N(Cc1ccc(C)cc1)C(=O)CN(c1ccccc1)S(=O)(=O)c1ccc(Cl)cc1. The first kappa shape index (κ1) is 26.2. The Labute approximate surface area is 211 Å². The molecule has 0 aliphatic rings. The molecular formula is C26H28ClN3O4S. The Bertz CT molecular complexity index is 1260. The van der Waals surface area contributed by atoms with E-state index < -0.39 is 28.5 Å². The van der Waals surface area contributed by atoms with Crippen LogP contribution in [0.5, 0.6) is 0 Å². The standard InChI is InChI=1S/C26H28ClN3O4S/c1-19-9-11-21(12-10-19)17-29(20(2)26(32)28-3)25(31)18-30(23-7-5-4-6-8-23)35(33,34)24-15-13-22(27)14-16-24/h4-16,20H,17-18H2,1-3H3,(H,28,32)/t20-/m1/s1. The minimum atomic E-state index is -4.10. The van der Waals surface area contributed by atoms with Gasteiger partial charge in [0.05, 0.1) is 10.6 Å². The van der Waals surface area contributed by atoms with Crippen molar-refractivity contribution < 1.29 is 18.0 Å². The van der Waals surface area contributed by atoms with Gasteiger partial charge in [-0.15, -0.1) is 0 Å². The van der Waals surface area contributed by atoms with Crippen LogP contribution in [-0.2, 0) is 26.2 Å². The number of halogens is 1. The monoisotopic (exact) mass is 513 g/mol. The molecule has 3 aromatic rings. The Morgan fingerprint density at radius 3 is 2.11 bits per heavy atom. The van der Waals surface area contributed by atoms with Gasteiger partial charge < -0.3 is 10.2 Å². The molecule has 3 rings (SSSR count). The summed E-state index contributed by atoms with van der Waals surface area (Å²) >= 11 is 5.94. The number of para-hydroxylation sites is 1. The van der Waals surface area contributed by atoms with Crippen LogP contribution in [0.3, 0.4) is 0 Å². The van der Waals surface area contributed by atoms with E-state index in [4.69, 9.17) is 11.6 Å². The summed E-state index contributed by atoms with van der Waals surface area (Å²) in [6.45, 7) is 3.24. The van der Waals surface area contributed by atoms with Crippen molar-refractivity contribution in [3.63, 3.8) is 0 Å². The largest absolute Gasteiger partial charge is 0.357 e. The molecule has 0 radical (unpaired) electrons. The maximum absolute atomic E-state index is 13.6. The Morgan fingerprint density at radius 2 is 1.54 bits per heavy atom. The van der Waals surface area contributed by atoms with E-state index in [1.54, 1.807) is 37.3 Å². The van der Waals surface area contributed by atoms with Crippen LogP contribution >= 0.6 is 11.6 Å². The van der Waals surface area contributed by atoms with Crippen molar-refractivity contribution in [2.24, 2.45) is 0 Å². The molecule has 0 unspecified atom stereocenters. The van der Waals surface area contributed by atoms with Crippen LogP contribution in [0.4, 0.5) is 5.69 Å². The molecule has 0 saturated heterocycles. The molecule has 0 saturated carbocycles. The van der Waals surface area contributed by atoms with Crippen LogP contribution in [0.1, 0.15) is 18.1 Å². The molecule has 0 fully saturated rings. The number of likely N-dealkylation sites (N-methyl/N-ethyl adjacent to an activating group) is 1. The first-order chi connectivity index (χ1) is 16.6. The second-order valence-electron chi connectivity index (χ2n) is 8.10. The van der Waals surface area contributed by atoms with Gasteiger partial charge >= 0.3 is 0 Å². The fraction of sp³-hybridized carbons (Fsp3) is 0.231. The predicted molar refractivity (Wildman–Crippen MR) is 138 cm³/mol. The molecular weight excluding hydrogens is 486 g/mol. The lowest BCUT2D eigenvalue weighted by Crippen LogP contribution is -2.50. The van der Waals surface area contributed by atoms with Crippen molar-refractivity contribution in [2.75, 3.05) is 17.9 Å². The summed E-state index contributed by atoms with van der Waals surface area (Å²) in [6, 6.07) is 20.9. The number of carbonyl (C=O) groups is 2. The number of rotatable bonds is 9. The third-order valence-corrected chi connectivity index (χ3v) is 7.65. The Morgan fingerprint density at radius 1 is 0.943 bits per heavy atom. The molecule has 0 aliphatic heterocycles. The molecule has 1 atom stereocenters. The third-order valence-electron chi connectivity index (χ3n) is 5.61. The first-order valence-electron chi connectivity index (χ1n) is 11.0. The van der Waals surface area contributed by atoms with Gasteiger partial charge in [0.2, 0.25) is 11.8 Å². The maximum atomic E-state index is 13.6. The van der Waals surface area contributed by atoms with E-state index in [1.165, 1.54) is 36.2 Å². The average Bonchev–Trinajstić information content (AvgIpc) is 2.86. The van der Waals surface area contributed by atoms with Crippen molar-refractivity contribution in [1.29, 1.82) is 0 Å². The van der Waals surface area contributed by atoms with Gasteiger partial charge in [-0.2, -0.15) is 0 Å². The summed E-state index contributed by atoms with van der Waals surface area (Å²) in [4.78, 5) is 27.5. The Balaban J connectivity index is 1.99.